The van der Waals surface area contributed by atoms with E-state index in [4.69, 9.17) is 15.3 Å². The number of rotatable bonds is 7. The molecule has 7 atom stereocenters. The van der Waals surface area contributed by atoms with Crippen LogP contribution in [-0.4, -0.2) is 106 Å². The van der Waals surface area contributed by atoms with Gasteiger partial charge in [0.1, 0.15) is 24.4 Å². The third-order valence-electron chi connectivity index (χ3n) is 3.93. The first-order valence-corrected chi connectivity index (χ1v) is 6.78. The Morgan fingerprint density at radius 3 is 1.96 bits per heavy atom. The molecule has 9 N–H and O–H groups in total. The predicted molar refractivity (Wildman–Crippen MR) is 70.9 cm³/mol. The summed E-state index contributed by atoms with van der Waals surface area (Å²) in [5.74, 6) is -13.2. The highest BCUT2D eigenvalue weighted by Gasteiger charge is 2.67. The van der Waals surface area contributed by atoms with E-state index in [1.807, 2.05) is 0 Å². The van der Waals surface area contributed by atoms with Gasteiger partial charge < -0.3 is 50.7 Å². The minimum Gasteiger partial charge on any atom is -0.481 e. The monoisotopic (exact) mass is 370 g/mol. The summed E-state index contributed by atoms with van der Waals surface area (Å²) in [6.45, 7) is -1.09. The van der Waals surface area contributed by atoms with Crippen molar-refractivity contribution in [2.24, 2.45) is 5.92 Å². The zero-order valence-electron chi connectivity index (χ0n) is 12.5. The molecule has 1 aliphatic rings. The van der Waals surface area contributed by atoms with E-state index >= 15 is 0 Å². The second kappa shape index (κ2) is 7.17. The first-order chi connectivity index (χ1) is 11.3. The van der Waals surface area contributed by atoms with Crippen molar-refractivity contribution in [3.05, 3.63) is 0 Å². The lowest BCUT2D eigenvalue weighted by Crippen LogP contribution is -2.73. The topological polar surface area (TPSA) is 243 Å². The third-order valence-corrected chi connectivity index (χ3v) is 3.93. The molecule has 25 heavy (non-hydrogen) atoms. The molecule has 1 rings (SSSR count). The Kier molecular flexibility index (Phi) is 6.07. The minimum absolute atomic E-state index is 1.09. The van der Waals surface area contributed by atoms with Crippen LogP contribution in [0.1, 0.15) is 6.42 Å². The van der Waals surface area contributed by atoms with E-state index in [0.717, 1.165) is 0 Å². The fourth-order valence-electron chi connectivity index (χ4n) is 2.67. The molecule has 1 fully saturated rings. The molecule has 0 aromatic heterocycles. The van der Waals surface area contributed by atoms with Gasteiger partial charge in [-0.1, -0.05) is 0 Å². The van der Waals surface area contributed by atoms with Gasteiger partial charge in [-0.15, -0.1) is 0 Å². The van der Waals surface area contributed by atoms with Crippen LogP contribution in [0.25, 0.3) is 0 Å². The van der Waals surface area contributed by atoms with Gasteiger partial charge in [0.2, 0.25) is 5.79 Å². The van der Waals surface area contributed by atoms with Crippen molar-refractivity contribution in [3.8, 4) is 0 Å². The van der Waals surface area contributed by atoms with E-state index in [0.29, 0.717) is 0 Å². The van der Waals surface area contributed by atoms with Crippen LogP contribution < -0.4 is 0 Å². The molecule has 0 radical (unpaired) electrons. The Bertz CT molecular complexity index is 547. The van der Waals surface area contributed by atoms with Crippen LogP contribution in [0.3, 0.4) is 0 Å². The Morgan fingerprint density at radius 2 is 1.60 bits per heavy atom. The van der Waals surface area contributed by atoms with Crippen molar-refractivity contribution >= 4 is 17.9 Å². The van der Waals surface area contributed by atoms with Gasteiger partial charge in [-0.25, -0.2) is 4.79 Å². The molecule has 0 amide bonds. The van der Waals surface area contributed by atoms with E-state index in [1.54, 1.807) is 0 Å². The van der Waals surface area contributed by atoms with Crippen LogP contribution in [0.15, 0.2) is 0 Å². The summed E-state index contributed by atoms with van der Waals surface area (Å²) in [5, 5.41) is 85.9. The van der Waals surface area contributed by atoms with Crippen LogP contribution in [0.5, 0.6) is 0 Å². The van der Waals surface area contributed by atoms with Crippen LogP contribution in [-0.2, 0) is 19.1 Å². The number of aliphatic hydroxyl groups excluding tert-OH is 4. The van der Waals surface area contributed by atoms with Crippen LogP contribution in [0.2, 0.25) is 0 Å². The highest BCUT2D eigenvalue weighted by atomic mass is 16.7. The lowest BCUT2D eigenvalue weighted by Gasteiger charge is -2.49. The highest BCUT2D eigenvalue weighted by Crippen LogP contribution is 2.40. The molecule has 13 heteroatoms. The Morgan fingerprint density at radius 1 is 1.08 bits per heavy atom. The normalized spacial score (nSPS) is 36.2. The van der Waals surface area contributed by atoms with Crippen LogP contribution in [0.4, 0.5) is 0 Å². The number of aliphatic hydroxyl groups is 6. The average molecular weight is 370 g/mol. The summed E-state index contributed by atoms with van der Waals surface area (Å²) in [7, 11) is 0. The minimum atomic E-state index is -3.67. The quantitative estimate of drug-likeness (QED) is 0.204. The molecule has 0 aliphatic carbocycles. The summed E-state index contributed by atoms with van der Waals surface area (Å²) in [4.78, 5) is 33.6. The third kappa shape index (κ3) is 3.57. The number of carboxylic acids is 3. The highest BCUT2D eigenvalue weighted by molar-refractivity contribution is 5.90. The molecular formula is C12H18O13. The largest absolute Gasteiger partial charge is 0.481 e. The van der Waals surface area contributed by atoms with Crippen LogP contribution in [0, 0.1) is 5.92 Å². The molecule has 1 saturated heterocycles. The fraction of sp³-hybridized carbons (Fsp3) is 0.750. The van der Waals surface area contributed by atoms with Gasteiger partial charge >= 0.3 is 17.9 Å². The molecule has 1 heterocycles. The Balaban J connectivity index is 3.52. The van der Waals surface area contributed by atoms with E-state index in [1.165, 1.54) is 0 Å². The summed E-state index contributed by atoms with van der Waals surface area (Å²) < 4.78 is 4.67. The lowest BCUT2D eigenvalue weighted by atomic mass is 9.73. The van der Waals surface area contributed by atoms with E-state index in [-0.39, 0.29) is 0 Å². The van der Waals surface area contributed by atoms with Crippen molar-refractivity contribution in [2.45, 2.75) is 42.2 Å². The first-order valence-electron chi connectivity index (χ1n) is 6.78. The lowest BCUT2D eigenvalue weighted by molar-refractivity contribution is -0.376. The maximum atomic E-state index is 11.5. The smallest absolute Gasteiger partial charge is 0.337 e. The maximum Gasteiger partial charge on any atom is 0.337 e. The Labute approximate surface area is 138 Å². The van der Waals surface area contributed by atoms with Gasteiger partial charge in [0, 0.05) is 0 Å². The standard InChI is InChI=1S/C12H18O13/c13-2-3-5(16)6(17)8(18)12(24,25-3)7(9(19)20)11(23,10(21)22)1-4(14)15/h3,5-8,13,16-18,23-24H,1-2H2,(H,14,15)(H,19,20)(H,21,22)/t3-,5-,6+,7?,8+,11?,12-/m1/s1. The van der Waals surface area contributed by atoms with Crippen LogP contribution >= 0.6 is 0 Å². The fourth-order valence-corrected chi connectivity index (χ4v) is 2.67. The van der Waals surface area contributed by atoms with Gasteiger partial charge in [0.25, 0.3) is 0 Å². The number of carbonyl (C=O) groups is 3. The van der Waals surface area contributed by atoms with Gasteiger partial charge in [-0.05, 0) is 0 Å². The van der Waals surface area contributed by atoms with Crippen molar-refractivity contribution in [1.29, 1.82) is 0 Å². The molecule has 0 saturated carbocycles. The first kappa shape index (κ1) is 21.2. The Hall–Kier alpha value is -1.87. The molecule has 0 bridgehead atoms. The molecule has 1 aliphatic heterocycles. The number of carboxylic acid groups (broad SMARTS) is 3. The summed E-state index contributed by atoms with van der Waals surface area (Å²) >= 11 is 0. The molecule has 0 aromatic carbocycles. The molecule has 13 nitrogen and oxygen atoms in total. The van der Waals surface area contributed by atoms with Crippen molar-refractivity contribution < 1.29 is 65.1 Å². The SMILES string of the molecule is O=C(O)CC(O)(C(=O)O)C(C(=O)O)[C@@]1(O)O[C@H](CO)[C@@H](O)[C@H](O)[C@@H]1O. The van der Waals surface area contributed by atoms with Crippen molar-refractivity contribution in [2.75, 3.05) is 6.61 Å². The summed E-state index contributed by atoms with van der Waals surface area (Å²) in [5.41, 5.74) is -3.67. The number of hydrogen-bond donors (Lipinski definition) is 9. The zero-order chi connectivity index (χ0) is 19.7. The second-order valence-corrected chi connectivity index (χ2v) is 5.59. The van der Waals surface area contributed by atoms with Crippen molar-refractivity contribution in [1.82, 2.24) is 0 Å². The van der Waals surface area contributed by atoms with E-state index < -0.39 is 72.7 Å². The average Bonchev–Trinajstić information content (AvgIpc) is 2.47. The van der Waals surface area contributed by atoms with Gasteiger partial charge in [0.05, 0.1) is 13.0 Å². The molecular weight excluding hydrogens is 352 g/mol. The van der Waals surface area contributed by atoms with E-state index in [9.17, 15) is 45.0 Å². The maximum absolute atomic E-state index is 11.5. The van der Waals surface area contributed by atoms with Gasteiger partial charge in [0.15, 0.2) is 11.5 Å². The second-order valence-electron chi connectivity index (χ2n) is 5.59. The van der Waals surface area contributed by atoms with Crippen molar-refractivity contribution in [3.63, 3.8) is 0 Å². The molecule has 0 spiro atoms. The molecule has 2 unspecified atom stereocenters. The predicted octanol–water partition coefficient (Wildman–Crippen LogP) is -4.86. The number of aliphatic carboxylic acids is 3. The summed E-state index contributed by atoms with van der Waals surface area (Å²) in [6.07, 6.45) is -10.5. The van der Waals surface area contributed by atoms with E-state index in [2.05, 4.69) is 4.74 Å². The number of ether oxygens (including phenoxy) is 1. The molecule has 0 aromatic rings. The van der Waals surface area contributed by atoms with Gasteiger partial charge in [-0.2, -0.15) is 0 Å². The zero-order valence-corrected chi connectivity index (χ0v) is 12.5. The molecule has 144 valence electrons. The van der Waals surface area contributed by atoms with Gasteiger partial charge in [-0.3, -0.25) is 9.59 Å². The summed E-state index contributed by atoms with van der Waals surface area (Å²) in [6, 6.07) is 0. The number of hydrogen-bond acceptors (Lipinski definition) is 10.